The number of rotatable bonds is 7. The predicted octanol–water partition coefficient (Wildman–Crippen LogP) is 2.85. The van der Waals surface area contributed by atoms with Gasteiger partial charge in [0.1, 0.15) is 12.6 Å². The topological polar surface area (TPSA) is 67.4 Å². The van der Waals surface area contributed by atoms with Crippen molar-refractivity contribution < 1.29 is 14.3 Å². The highest BCUT2D eigenvalue weighted by Crippen LogP contribution is 2.05. The van der Waals surface area contributed by atoms with E-state index in [4.69, 9.17) is 4.74 Å². The van der Waals surface area contributed by atoms with Gasteiger partial charge in [-0.2, -0.15) is 0 Å². The Kier molecular flexibility index (Phi) is 7.43. The van der Waals surface area contributed by atoms with Crippen molar-refractivity contribution in [2.45, 2.75) is 52.8 Å². The van der Waals surface area contributed by atoms with Gasteiger partial charge in [0, 0.05) is 6.04 Å². The van der Waals surface area contributed by atoms with Crippen LogP contribution in [0.15, 0.2) is 30.3 Å². The molecule has 2 amide bonds. The molecule has 2 atom stereocenters. The van der Waals surface area contributed by atoms with Crippen molar-refractivity contribution in [2.75, 3.05) is 0 Å². The molecular weight excluding hydrogens is 280 g/mol. The molecule has 1 aromatic carbocycles. The largest absolute Gasteiger partial charge is 0.445 e. The monoisotopic (exact) mass is 306 g/mol. The van der Waals surface area contributed by atoms with Crippen LogP contribution in [0.1, 0.15) is 39.7 Å². The summed E-state index contributed by atoms with van der Waals surface area (Å²) in [5.74, 6) is -0.200. The van der Waals surface area contributed by atoms with E-state index in [1.54, 1.807) is 0 Å². The minimum Gasteiger partial charge on any atom is -0.445 e. The minimum atomic E-state index is -0.600. The van der Waals surface area contributed by atoms with Crippen LogP contribution in [0.5, 0.6) is 0 Å². The number of benzene rings is 1. The molecule has 0 spiro atoms. The number of carbonyl (C=O) groups is 2. The van der Waals surface area contributed by atoms with Gasteiger partial charge in [-0.05, 0) is 24.8 Å². The molecule has 0 aliphatic carbocycles. The van der Waals surface area contributed by atoms with Gasteiger partial charge in [0.2, 0.25) is 5.91 Å². The lowest BCUT2D eigenvalue weighted by Crippen LogP contribution is -2.51. The van der Waals surface area contributed by atoms with Crippen molar-refractivity contribution in [2.24, 2.45) is 5.92 Å². The molecule has 0 saturated heterocycles. The number of ether oxygens (including phenoxy) is 1. The standard InChI is InChI=1S/C17H26N2O3/c1-5-13(4)18-16(20)15(12(2)3)19-17(21)22-11-14-9-7-6-8-10-14/h6-10,12-13,15H,5,11H2,1-4H3,(H,18,20)(H,19,21)/t13-,15-/m0/s1. The van der Waals surface area contributed by atoms with Crippen LogP contribution >= 0.6 is 0 Å². The lowest BCUT2D eigenvalue weighted by molar-refractivity contribution is -0.124. The maximum atomic E-state index is 12.2. The van der Waals surface area contributed by atoms with E-state index in [1.165, 1.54) is 0 Å². The quantitative estimate of drug-likeness (QED) is 0.814. The Labute approximate surface area is 132 Å². The van der Waals surface area contributed by atoms with Gasteiger partial charge >= 0.3 is 6.09 Å². The van der Waals surface area contributed by atoms with Gasteiger partial charge in [-0.25, -0.2) is 4.79 Å². The van der Waals surface area contributed by atoms with Gasteiger partial charge in [-0.1, -0.05) is 51.1 Å². The number of hydrogen-bond acceptors (Lipinski definition) is 3. The molecule has 0 heterocycles. The van der Waals surface area contributed by atoms with Crippen LogP contribution in [-0.4, -0.2) is 24.1 Å². The van der Waals surface area contributed by atoms with E-state index in [2.05, 4.69) is 10.6 Å². The third kappa shape index (κ3) is 6.16. The predicted molar refractivity (Wildman–Crippen MR) is 86.3 cm³/mol. The van der Waals surface area contributed by atoms with E-state index in [-0.39, 0.29) is 24.5 Å². The first-order chi connectivity index (χ1) is 10.4. The van der Waals surface area contributed by atoms with Crippen molar-refractivity contribution in [1.82, 2.24) is 10.6 Å². The summed E-state index contributed by atoms with van der Waals surface area (Å²) in [6.45, 7) is 7.89. The van der Waals surface area contributed by atoms with Crippen LogP contribution < -0.4 is 10.6 Å². The number of alkyl carbamates (subject to hydrolysis) is 1. The highest BCUT2D eigenvalue weighted by atomic mass is 16.5. The van der Waals surface area contributed by atoms with Gasteiger partial charge < -0.3 is 15.4 Å². The second kappa shape index (κ2) is 9.07. The van der Waals surface area contributed by atoms with Crippen molar-refractivity contribution in [1.29, 1.82) is 0 Å². The molecule has 0 aliphatic rings. The van der Waals surface area contributed by atoms with Crippen LogP contribution in [-0.2, 0) is 16.1 Å². The number of hydrogen-bond donors (Lipinski definition) is 2. The summed E-state index contributed by atoms with van der Waals surface area (Å²) in [6.07, 6.45) is 0.261. The molecule has 0 radical (unpaired) electrons. The molecular formula is C17H26N2O3. The lowest BCUT2D eigenvalue weighted by atomic mass is 10.0. The summed E-state index contributed by atoms with van der Waals surface area (Å²) in [5.41, 5.74) is 0.905. The Balaban J connectivity index is 2.51. The Morgan fingerprint density at radius 3 is 2.27 bits per heavy atom. The van der Waals surface area contributed by atoms with E-state index < -0.39 is 12.1 Å². The number of carbonyl (C=O) groups excluding carboxylic acids is 2. The van der Waals surface area contributed by atoms with Crippen LogP contribution in [0.3, 0.4) is 0 Å². The third-order valence-corrected chi connectivity index (χ3v) is 3.44. The molecule has 5 heteroatoms. The maximum Gasteiger partial charge on any atom is 0.408 e. The smallest absolute Gasteiger partial charge is 0.408 e. The van der Waals surface area contributed by atoms with Crippen LogP contribution in [0, 0.1) is 5.92 Å². The summed E-state index contributed by atoms with van der Waals surface area (Å²) >= 11 is 0. The summed E-state index contributed by atoms with van der Waals surface area (Å²) in [5, 5.41) is 5.52. The van der Waals surface area contributed by atoms with Crippen molar-refractivity contribution in [3.05, 3.63) is 35.9 Å². The zero-order valence-electron chi connectivity index (χ0n) is 13.8. The molecule has 0 saturated carbocycles. The second-order valence-electron chi connectivity index (χ2n) is 5.75. The van der Waals surface area contributed by atoms with Crippen LogP contribution in [0.2, 0.25) is 0 Å². The zero-order chi connectivity index (χ0) is 16.5. The van der Waals surface area contributed by atoms with Gasteiger partial charge in [-0.3, -0.25) is 4.79 Å². The first kappa shape index (κ1) is 18.0. The third-order valence-electron chi connectivity index (χ3n) is 3.44. The van der Waals surface area contributed by atoms with Crippen LogP contribution in [0.4, 0.5) is 4.79 Å². The average Bonchev–Trinajstić information content (AvgIpc) is 2.51. The second-order valence-corrected chi connectivity index (χ2v) is 5.75. The van der Waals surface area contributed by atoms with Gasteiger partial charge in [-0.15, -0.1) is 0 Å². The average molecular weight is 306 g/mol. The van der Waals surface area contributed by atoms with E-state index in [9.17, 15) is 9.59 Å². The van der Waals surface area contributed by atoms with E-state index in [0.717, 1.165) is 12.0 Å². The molecule has 0 bridgehead atoms. The van der Waals surface area contributed by atoms with Gasteiger partial charge in [0.05, 0.1) is 0 Å². The summed E-state index contributed by atoms with van der Waals surface area (Å²) in [4.78, 5) is 24.1. The molecule has 0 aromatic heterocycles. The van der Waals surface area contributed by atoms with E-state index >= 15 is 0 Å². The SMILES string of the molecule is CC[C@H](C)NC(=O)[C@@H](NC(=O)OCc1ccccc1)C(C)C. The number of amides is 2. The fourth-order valence-corrected chi connectivity index (χ4v) is 1.86. The Hall–Kier alpha value is -2.04. The Morgan fingerprint density at radius 1 is 1.09 bits per heavy atom. The summed E-state index contributed by atoms with van der Waals surface area (Å²) in [6, 6.07) is 8.90. The molecule has 0 fully saturated rings. The highest BCUT2D eigenvalue weighted by molar-refractivity contribution is 5.86. The van der Waals surface area contributed by atoms with Crippen LogP contribution in [0.25, 0.3) is 0 Å². The zero-order valence-corrected chi connectivity index (χ0v) is 13.8. The van der Waals surface area contributed by atoms with Gasteiger partial charge in [0.15, 0.2) is 0 Å². The highest BCUT2D eigenvalue weighted by Gasteiger charge is 2.25. The molecule has 122 valence electrons. The fourth-order valence-electron chi connectivity index (χ4n) is 1.86. The Morgan fingerprint density at radius 2 is 1.73 bits per heavy atom. The molecule has 1 rings (SSSR count). The van der Waals surface area contributed by atoms with E-state index in [1.807, 2.05) is 58.0 Å². The Bertz CT molecular complexity index is 474. The molecule has 0 aliphatic heterocycles. The lowest BCUT2D eigenvalue weighted by Gasteiger charge is -2.23. The van der Waals surface area contributed by atoms with Crippen molar-refractivity contribution in [3.63, 3.8) is 0 Å². The first-order valence-electron chi connectivity index (χ1n) is 7.71. The number of nitrogens with one attached hydrogen (secondary N) is 2. The van der Waals surface area contributed by atoms with Gasteiger partial charge in [0.25, 0.3) is 0 Å². The summed E-state index contributed by atoms with van der Waals surface area (Å²) < 4.78 is 5.16. The first-order valence-corrected chi connectivity index (χ1v) is 7.71. The van der Waals surface area contributed by atoms with Crippen molar-refractivity contribution >= 4 is 12.0 Å². The van der Waals surface area contributed by atoms with E-state index in [0.29, 0.717) is 0 Å². The molecule has 5 nitrogen and oxygen atoms in total. The normalized spacial score (nSPS) is 13.3. The van der Waals surface area contributed by atoms with Crippen molar-refractivity contribution in [3.8, 4) is 0 Å². The molecule has 1 aromatic rings. The molecule has 2 N–H and O–H groups in total. The minimum absolute atomic E-state index is 0.0201. The molecule has 0 unspecified atom stereocenters. The fraction of sp³-hybridized carbons (Fsp3) is 0.529. The molecule has 22 heavy (non-hydrogen) atoms. The summed E-state index contributed by atoms with van der Waals surface area (Å²) in [7, 11) is 0. The maximum absolute atomic E-state index is 12.2.